The highest BCUT2D eigenvalue weighted by Gasteiger charge is 2.09. The summed E-state index contributed by atoms with van der Waals surface area (Å²) in [7, 11) is 1.70. The summed E-state index contributed by atoms with van der Waals surface area (Å²) in [5, 5.41) is 3.52. The van der Waals surface area contributed by atoms with Crippen molar-refractivity contribution in [2.45, 2.75) is 33.1 Å². The average Bonchev–Trinajstić information content (AvgIpc) is 2.48. The Morgan fingerprint density at radius 1 is 1.15 bits per heavy atom. The predicted octanol–water partition coefficient (Wildman–Crippen LogP) is 3.28. The summed E-state index contributed by atoms with van der Waals surface area (Å²) in [6.45, 7) is 8.06. The molecule has 3 nitrogen and oxygen atoms in total. The number of methoxy groups -OCH3 is 1. The van der Waals surface area contributed by atoms with E-state index in [4.69, 9.17) is 9.47 Å². The van der Waals surface area contributed by atoms with Gasteiger partial charge in [-0.05, 0) is 62.9 Å². The topological polar surface area (TPSA) is 30.5 Å². The third-order valence-corrected chi connectivity index (χ3v) is 3.42. The van der Waals surface area contributed by atoms with Crippen LogP contribution < -0.4 is 10.1 Å². The van der Waals surface area contributed by atoms with Crippen molar-refractivity contribution in [2.75, 3.05) is 33.4 Å². The van der Waals surface area contributed by atoms with Crippen LogP contribution in [-0.4, -0.2) is 33.4 Å². The smallest absolute Gasteiger partial charge is 0.118 e. The van der Waals surface area contributed by atoms with Crippen LogP contribution in [-0.2, 0) is 11.2 Å². The number of nitrogens with one attached hydrogen (secondary N) is 1. The van der Waals surface area contributed by atoms with Crippen LogP contribution in [0.25, 0.3) is 0 Å². The van der Waals surface area contributed by atoms with Gasteiger partial charge in [0.2, 0.25) is 0 Å². The van der Waals surface area contributed by atoms with E-state index in [0.717, 1.165) is 44.9 Å². The van der Waals surface area contributed by atoms with Crippen molar-refractivity contribution in [3.8, 4) is 5.75 Å². The summed E-state index contributed by atoms with van der Waals surface area (Å²) in [5.74, 6) is 1.55. The molecule has 3 heteroatoms. The van der Waals surface area contributed by atoms with Crippen molar-refractivity contribution in [1.82, 2.24) is 5.32 Å². The molecular weight excluding hydrogens is 250 g/mol. The second kappa shape index (κ2) is 10.7. The first-order chi connectivity index (χ1) is 9.80. The van der Waals surface area contributed by atoms with E-state index in [9.17, 15) is 0 Å². The summed E-state index contributed by atoms with van der Waals surface area (Å²) in [6.07, 6.45) is 3.38. The Kier molecular flexibility index (Phi) is 9.09. The maximum atomic E-state index is 5.50. The Morgan fingerprint density at radius 3 is 2.50 bits per heavy atom. The Balaban J connectivity index is 2.47. The Hall–Kier alpha value is -1.06. The van der Waals surface area contributed by atoms with Crippen LogP contribution in [0, 0.1) is 5.92 Å². The zero-order valence-electron chi connectivity index (χ0n) is 13.2. The molecule has 1 aromatic carbocycles. The quantitative estimate of drug-likeness (QED) is 0.631. The van der Waals surface area contributed by atoms with Gasteiger partial charge in [0.05, 0.1) is 7.11 Å². The molecule has 0 aromatic heterocycles. The Morgan fingerprint density at radius 2 is 1.90 bits per heavy atom. The van der Waals surface area contributed by atoms with Crippen LogP contribution in [0.1, 0.15) is 32.3 Å². The number of hydrogen-bond acceptors (Lipinski definition) is 3. The standard InChI is InChI=1S/C17H29NO2/c1-4-11-18-14-16(10-12-20-5-2)13-15-6-8-17(19-3)9-7-15/h6-9,16,18H,4-5,10-14H2,1-3H3. The fraction of sp³-hybridized carbons (Fsp3) is 0.647. The Labute approximate surface area is 123 Å². The lowest BCUT2D eigenvalue weighted by Gasteiger charge is -2.18. The second-order valence-corrected chi connectivity index (χ2v) is 5.11. The van der Waals surface area contributed by atoms with Gasteiger partial charge in [0.1, 0.15) is 5.75 Å². The molecule has 0 aliphatic heterocycles. The highest BCUT2D eigenvalue weighted by molar-refractivity contribution is 5.27. The number of hydrogen-bond donors (Lipinski definition) is 1. The van der Waals surface area contributed by atoms with E-state index >= 15 is 0 Å². The summed E-state index contributed by atoms with van der Waals surface area (Å²) in [4.78, 5) is 0. The van der Waals surface area contributed by atoms with Crippen molar-refractivity contribution in [1.29, 1.82) is 0 Å². The van der Waals surface area contributed by atoms with Gasteiger partial charge in [-0.25, -0.2) is 0 Å². The highest BCUT2D eigenvalue weighted by atomic mass is 16.5. The molecule has 20 heavy (non-hydrogen) atoms. The Bertz CT molecular complexity index is 327. The van der Waals surface area contributed by atoms with Crippen LogP contribution >= 0.6 is 0 Å². The lowest BCUT2D eigenvalue weighted by Crippen LogP contribution is -2.26. The third kappa shape index (κ3) is 6.92. The molecule has 0 spiro atoms. The lowest BCUT2D eigenvalue weighted by molar-refractivity contribution is 0.131. The molecule has 1 aromatic rings. The molecule has 0 saturated heterocycles. The van der Waals surface area contributed by atoms with Gasteiger partial charge in [-0.3, -0.25) is 0 Å². The third-order valence-electron chi connectivity index (χ3n) is 3.42. The zero-order valence-corrected chi connectivity index (χ0v) is 13.2. The number of rotatable bonds is 11. The largest absolute Gasteiger partial charge is 0.497 e. The molecular formula is C17H29NO2. The van der Waals surface area contributed by atoms with E-state index in [1.165, 1.54) is 12.0 Å². The van der Waals surface area contributed by atoms with Crippen LogP contribution in [0.4, 0.5) is 0 Å². The van der Waals surface area contributed by atoms with Gasteiger partial charge in [-0.15, -0.1) is 0 Å². The molecule has 1 atom stereocenters. The molecule has 0 aliphatic rings. The van der Waals surface area contributed by atoms with Crippen LogP contribution in [0.5, 0.6) is 5.75 Å². The van der Waals surface area contributed by atoms with Crippen LogP contribution in [0.3, 0.4) is 0 Å². The first-order valence-electron chi connectivity index (χ1n) is 7.71. The van der Waals surface area contributed by atoms with Gasteiger partial charge in [-0.1, -0.05) is 19.1 Å². The first-order valence-corrected chi connectivity index (χ1v) is 7.71. The maximum absolute atomic E-state index is 5.50. The summed E-state index contributed by atoms with van der Waals surface area (Å²) >= 11 is 0. The lowest BCUT2D eigenvalue weighted by atomic mass is 9.96. The van der Waals surface area contributed by atoms with Crippen molar-refractivity contribution in [3.05, 3.63) is 29.8 Å². The predicted molar refractivity (Wildman–Crippen MR) is 84.5 cm³/mol. The number of benzene rings is 1. The molecule has 0 heterocycles. The fourth-order valence-electron chi connectivity index (χ4n) is 2.25. The summed E-state index contributed by atoms with van der Waals surface area (Å²) < 4.78 is 10.7. The van der Waals surface area contributed by atoms with Gasteiger partial charge in [-0.2, -0.15) is 0 Å². The van der Waals surface area contributed by atoms with E-state index in [0.29, 0.717) is 5.92 Å². The molecule has 0 aliphatic carbocycles. The van der Waals surface area contributed by atoms with Gasteiger partial charge < -0.3 is 14.8 Å². The maximum Gasteiger partial charge on any atom is 0.118 e. The fourth-order valence-corrected chi connectivity index (χ4v) is 2.25. The van der Waals surface area contributed by atoms with Gasteiger partial charge in [0.15, 0.2) is 0 Å². The van der Waals surface area contributed by atoms with Gasteiger partial charge >= 0.3 is 0 Å². The van der Waals surface area contributed by atoms with Crippen LogP contribution in [0.2, 0.25) is 0 Å². The minimum atomic E-state index is 0.626. The van der Waals surface area contributed by atoms with E-state index in [1.54, 1.807) is 7.11 Å². The molecule has 0 fully saturated rings. The summed E-state index contributed by atoms with van der Waals surface area (Å²) in [5.41, 5.74) is 1.37. The van der Waals surface area contributed by atoms with E-state index in [1.807, 2.05) is 19.1 Å². The van der Waals surface area contributed by atoms with E-state index in [-0.39, 0.29) is 0 Å². The minimum Gasteiger partial charge on any atom is -0.497 e. The minimum absolute atomic E-state index is 0.626. The van der Waals surface area contributed by atoms with Crippen molar-refractivity contribution in [3.63, 3.8) is 0 Å². The summed E-state index contributed by atoms with van der Waals surface area (Å²) in [6, 6.07) is 8.39. The first kappa shape index (κ1) is 17.0. The number of ether oxygens (including phenoxy) is 2. The molecule has 1 rings (SSSR count). The molecule has 0 saturated carbocycles. The molecule has 114 valence electrons. The normalized spacial score (nSPS) is 12.3. The van der Waals surface area contributed by atoms with E-state index in [2.05, 4.69) is 24.4 Å². The van der Waals surface area contributed by atoms with Crippen LogP contribution in [0.15, 0.2) is 24.3 Å². The monoisotopic (exact) mass is 279 g/mol. The van der Waals surface area contributed by atoms with Gasteiger partial charge in [0.25, 0.3) is 0 Å². The zero-order chi connectivity index (χ0) is 14.6. The van der Waals surface area contributed by atoms with Crippen molar-refractivity contribution < 1.29 is 9.47 Å². The molecule has 0 radical (unpaired) electrons. The molecule has 0 bridgehead atoms. The molecule has 1 N–H and O–H groups in total. The van der Waals surface area contributed by atoms with Gasteiger partial charge in [0, 0.05) is 13.2 Å². The van der Waals surface area contributed by atoms with Crippen molar-refractivity contribution in [2.24, 2.45) is 5.92 Å². The molecule has 0 amide bonds. The second-order valence-electron chi connectivity index (χ2n) is 5.11. The SMILES string of the molecule is CCCNCC(CCOCC)Cc1ccc(OC)cc1. The van der Waals surface area contributed by atoms with Crippen molar-refractivity contribution >= 4 is 0 Å². The van der Waals surface area contributed by atoms with E-state index < -0.39 is 0 Å². The highest BCUT2D eigenvalue weighted by Crippen LogP contribution is 2.16. The average molecular weight is 279 g/mol. The molecule has 1 unspecified atom stereocenters.